The van der Waals surface area contributed by atoms with E-state index >= 15 is 0 Å². The summed E-state index contributed by atoms with van der Waals surface area (Å²) < 4.78 is 2.16. The number of nitrogens with two attached hydrogens (primary N) is 1. The van der Waals surface area contributed by atoms with Crippen LogP contribution in [0.5, 0.6) is 0 Å². The topological polar surface area (TPSA) is 72.9 Å². The summed E-state index contributed by atoms with van der Waals surface area (Å²) in [5, 5.41) is 3.03. The first-order valence-electron chi connectivity index (χ1n) is 7.71. The third kappa shape index (κ3) is 3.17. The van der Waals surface area contributed by atoms with Crippen LogP contribution in [0.25, 0.3) is 11.0 Å². The quantitative estimate of drug-likeness (QED) is 0.800. The van der Waals surface area contributed by atoms with Gasteiger partial charge in [0.25, 0.3) is 0 Å². The molecular weight excluding hydrogens is 264 g/mol. The second-order valence-electron chi connectivity index (χ2n) is 5.77. The molecule has 0 unspecified atom stereocenters. The number of hydrogen-bond acceptors (Lipinski definition) is 3. The van der Waals surface area contributed by atoms with Crippen LogP contribution in [-0.2, 0) is 17.8 Å². The molecule has 1 saturated carbocycles. The summed E-state index contributed by atoms with van der Waals surface area (Å²) in [6, 6.07) is 6.21. The summed E-state index contributed by atoms with van der Waals surface area (Å²) in [5.41, 5.74) is 8.53. The van der Waals surface area contributed by atoms with Crippen LogP contribution >= 0.6 is 0 Å². The fraction of sp³-hybridized carbons (Fsp3) is 0.500. The van der Waals surface area contributed by atoms with Gasteiger partial charge in [-0.25, -0.2) is 4.98 Å². The number of carbonyl (C=O) groups excluding carboxylic acids is 1. The number of benzene rings is 1. The lowest BCUT2D eigenvalue weighted by molar-refractivity contribution is -0.121. The van der Waals surface area contributed by atoms with Gasteiger partial charge in [-0.3, -0.25) is 4.79 Å². The first-order valence-corrected chi connectivity index (χ1v) is 7.71. The zero-order valence-corrected chi connectivity index (χ0v) is 12.4. The molecule has 5 nitrogen and oxygen atoms in total. The van der Waals surface area contributed by atoms with E-state index in [0.29, 0.717) is 19.0 Å². The summed E-state index contributed by atoms with van der Waals surface area (Å²) in [5.74, 6) is 1.18. The van der Waals surface area contributed by atoms with Crippen molar-refractivity contribution in [1.82, 2.24) is 14.9 Å². The maximum atomic E-state index is 11.9. The van der Waals surface area contributed by atoms with E-state index in [1.165, 1.54) is 0 Å². The number of aryl methyl sites for hydroxylation is 2. The van der Waals surface area contributed by atoms with Crippen molar-refractivity contribution in [3.8, 4) is 0 Å². The lowest BCUT2D eigenvalue weighted by Crippen LogP contribution is -2.26. The van der Waals surface area contributed by atoms with Crippen molar-refractivity contribution in [3.63, 3.8) is 0 Å². The van der Waals surface area contributed by atoms with Gasteiger partial charge in [0.15, 0.2) is 0 Å². The maximum absolute atomic E-state index is 11.9. The van der Waals surface area contributed by atoms with Gasteiger partial charge in [-0.05, 0) is 37.5 Å². The summed E-state index contributed by atoms with van der Waals surface area (Å²) in [6.07, 6.45) is 4.70. The Kier molecular flexibility index (Phi) is 3.82. The molecule has 0 atom stereocenters. The standard InChI is InChI=1S/C16H22N4O/c1-2-3-15-19-13-10-11(17)4-7-14(13)20(15)9-8-16(21)18-12-5-6-12/h4,7,10,12H,2-3,5-6,8-9,17H2,1H3,(H,18,21). The Morgan fingerprint density at radius 1 is 1.48 bits per heavy atom. The number of nitrogens with one attached hydrogen (secondary N) is 1. The molecule has 1 heterocycles. The molecule has 21 heavy (non-hydrogen) atoms. The highest BCUT2D eigenvalue weighted by molar-refractivity contribution is 5.80. The smallest absolute Gasteiger partial charge is 0.222 e. The molecule has 0 spiro atoms. The minimum atomic E-state index is 0.136. The molecule has 0 saturated heterocycles. The molecule has 5 heteroatoms. The highest BCUT2D eigenvalue weighted by Crippen LogP contribution is 2.21. The van der Waals surface area contributed by atoms with Crippen LogP contribution in [0.1, 0.15) is 38.4 Å². The number of anilines is 1. The van der Waals surface area contributed by atoms with Crippen LogP contribution in [-0.4, -0.2) is 21.5 Å². The van der Waals surface area contributed by atoms with Crippen LogP contribution in [0.15, 0.2) is 18.2 Å². The van der Waals surface area contributed by atoms with Crippen molar-refractivity contribution in [3.05, 3.63) is 24.0 Å². The van der Waals surface area contributed by atoms with E-state index in [1.807, 2.05) is 18.2 Å². The second kappa shape index (κ2) is 5.76. The van der Waals surface area contributed by atoms with Crippen LogP contribution in [0.2, 0.25) is 0 Å². The van der Waals surface area contributed by atoms with Gasteiger partial charge in [-0.2, -0.15) is 0 Å². The normalized spacial score (nSPS) is 14.5. The van der Waals surface area contributed by atoms with E-state index in [1.54, 1.807) is 0 Å². The lowest BCUT2D eigenvalue weighted by atomic mass is 10.2. The average molecular weight is 286 g/mol. The fourth-order valence-electron chi connectivity index (χ4n) is 2.60. The summed E-state index contributed by atoms with van der Waals surface area (Å²) in [6.45, 7) is 2.81. The highest BCUT2D eigenvalue weighted by Gasteiger charge is 2.23. The molecule has 1 amide bonds. The van der Waals surface area contributed by atoms with Gasteiger partial charge in [-0.15, -0.1) is 0 Å². The number of fused-ring (bicyclic) bond motifs is 1. The van der Waals surface area contributed by atoms with Crippen molar-refractivity contribution in [2.75, 3.05) is 5.73 Å². The number of nitrogen functional groups attached to an aromatic ring is 1. The van der Waals surface area contributed by atoms with E-state index in [4.69, 9.17) is 5.73 Å². The number of nitrogens with zero attached hydrogens (tertiary/aromatic N) is 2. The van der Waals surface area contributed by atoms with Gasteiger partial charge in [0.2, 0.25) is 5.91 Å². The third-order valence-electron chi connectivity index (χ3n) is 3.83. The highest BCUT2D eigenvalue weighted by atomic mass is 16.1. The Labute approximate surface area is 124 Å². The molecular formula is C16H22N4O. The van der Waals surface area contributed by atoms with Crippen LogP contribution in [0, 0.1) is 0 Å². The molecule has 3 rings (SSSR count). The van der Waals surface area contributed by atoms with Gasteiger partial charge in [0.05, 0.1) is 11.0 Å². The van der Waals surface area contributed by atoms with Crippen molar-refractivity contribution in [2.24, 2.45) is 0 Å². The van der Waals surface area contributed by atoms with Gasteiger partial charge in [-0.1, -0.05) is 6.92 Å². The van der Waals surface area contributed by atoms with Crippen LogP contribution < -0.4 is 11.1 Å². The number of rotatable bonds is 6. The van der Waals surface area contributed by atoms with Crippen molar-refractivity contribution in [1.29, 1.82) is 0 Å². The zero-order chi connectivity index (χ0) is 14.8. The minimum Gasteiger partial charge on any atom is -0.399 e. The lowest BCUT2D eigenvalue weighted by Gasteiger charge is -2.09. The summed E-state index contributed by atoms with van der Waals surface area (Å²) in [7, 11) is 0. The van der Waals surface area contributed by atoms with Crippen molar-refractivity contribution in [2.45, 2.75) is 51.6 Å². The van der Waals surface area contributed by atoms with Gasteiger partial charge in [0, 0.05) is 31.1 Å². The molecule has 3 N–H and O–H groups in total. The first-order chi connectivity index (χ1) is 10.2. The molecule has 0 bridgehead atoms. The van der Waals surface area contributed by atoms with E-state index in [0.717, 1.165) is 48.2 Å². The SMILES string of the molecule is CCCc1nc2cc(N)ccc2n1CCC(=O)NC1CC1. The van der Waals surface area contributed by atoms with E-state index in [-0.39, 0.29) is 5.91 Å². The number of aromatic nitrogens is 2. The summed E-state index contributed by atoms with van der Waals surface area (Å²) in [4.78, 5) is 16.5. The Hall–Kier alpha value is -2.04. The number of carbonyl (C=O) groups is 1. The number of hydrogen-bond donors (Lipinski definition) is 2. The fourth-order valence-corrected chi connectivity index (χ4v) is 2.60. The zero-order valence-electron chi connectivity index (χ0n) is 12.4. The molecule has 0 aliphatic heterocycles. The Morgan fingerprint density at radius 3 is 3.00 bits per heavy atom. The number of amides is 1. The van der Waals surface area contributed by atoms with E-state index in [9.17, 15) is 4.79 Å². The van der Waals surface area contributed by atoms with Crippen LogP contribution in [0.4, 0.5) is 5.69 Å². The summed E-state index contributed by atoms with van der Waals surface area (Å²) >= 11 is 0. The first kappa shape index (κ1) is 13.9. The van der Waals surface area contributed by atoms with Crippen molar-refractivity contribution < 1.29 is 4.79 Å². The van der Waals surface area contributed by atoms with Crippen LogP contribution in [0.3, 0.4) is 0 Å². The molecule has 1 aromatic carbocycles. The Morgan fingerprint density at radius 2 is 2.29 bits per heavy atom. The van der Waals surface area contributed by atoms with E-state index in [2.05, 4.69) is 21.8 Å². The average Bonchev–Trinajstić information content (AvgIpc) is 3.18. The van der Waals surface area contributed by atoms with Crippen molar-refractivity contribution >= 4 is 22.6 Å². The molecule has 0 radical (unpaired) electrons. The van der Waals surface area contributed by atoms with Gasteiger partial charge < -0.3 is 15.6 Å². The van der Waals surface area contributed by atoms with E-state index < -0.39 is 0 Å². The largest absolute Gasteiger partial charge is 0.399 e. The number of imidazole rings is 1. The molecule has 112 valence electrons. The predicted molar refractivity (Wildman–Crippen MR) is 83.9 cm³/mol. The predicted octanol–water partition coefficient (Wildman–Crippen LogP) is 2.24. The monoisotopic (exact) mass is 286 g/mol. The molecule has 1 fully saturated rings. The minimum absolute atomic E-state index is 0.136. The molecule has 1 aromatic heterocycles. The maximum Gasteiger partial charge on any atom is 0.222 e. The Balaban J connectivity index is 1.80. The second-order valence-corrected chi connectivity index (χ2v) is 5.77. The Bertz CT molecular complexity index is 658. The van der Waals surface area contributed by atoms with Gasteiger partial charge in [0.1, 0.15) is 5.82 Å². The third-order valence-corrected chi connectivity index (χ3v) is 3.83. The van der Waals surface area contributed by atoms with Gasteiger partial charge >= 0.3 is 0 Å². The molecule has 2 aromatic rings. The molecule has 1 aliphatic carbocycles. The molecule has 1 aliphatic rings.